The number of para-hydroxylation sites is 1. The van der Waals surface area contributed by atoms with E-state index in [1.807, 2.05) is 48.5 Å². The molecule has 3 rings (SSSR count). The second kappa shape index (κ2) is 5.79. The van der Waals surface area contributed by atoms with Gasteiger partial charge in [-0.15, -0.1) is 0 Å². The molecule has 22 heavy (non-hydrogen) atoms. The quantitative estimate of drug-likeness (QED) is 0.501. The van der Waals surface area contributed by atoms with E-state index < -0.39 is 0 Å². The Hall–Kier alpha value is -2.99. The highest BCUT2D eigenvalue weighted by Crippen LogP contribution is 2.28. The van der Waals surface area contributed by atoms with E-state index in [-0.39, 0.29) is 11.9 Å². The van der Waals surface area contributed by atoms with E-state index in [2.05, 4.69) is 15.0 Å². The minimum Gasteiger partial charge on any atom is -0.370 e. The molecule has 0 bridgehead atoms. The van der Waals surface area contributed by atoms with E-state index in [0.29, 0.717) is 6.54 Å². The fourth-order valence-corrected chi connectivity index (χ4v) is 2.30. The van der Waals surface area contributed by atoms with E-state index in [4.69, 9.17) is 17.2 Å². The Morgan fingerprint density at radius 3 is 2.59 bits per heavy atom. The summed E-state index contributed by atoms with van der Waals surface area (Å²) in [6.45, 7) is 0.470. The van der Waals surface area contributed by atoms with Gasteiger partial charge in [0.15, 0.2) is 5.96 Å². The number of aromatic nitrogens is 2. The van der Waals surface area contributed by atoms with Crippen LogP contribution in [0.4, 0.5) is 5.95 Å². The molecule has 2 aromatic carbocycles. The number of aliphatic imine (C=N–C) groups is 1. The van der Waals surface area contributed by atoms with Crippen molar-refractivity contribution in [2.75, 3.05) is 0 Å². The van der Waals surface area contributed by atoms with Crippen molar-refractivity contribution in [1.82, 2.24) is 9.97 Å². The molecule has 0 fully saturated rings. The van der Waals surface area contributed by atoms with Crippen LogP contribution in [0.15, 0.2) is 53.5 Å². The third-order valence-corrected chi connectivity index (χ3v) is 3.26. The summed E-state index contributed by atoms with van der Waals surface area (Å²) in [5.41, 5.74) is 20.1. The average molecular weight is 292 g/mol. The number of benzene rings is 2. The average Bonchev–Trinajstić information content (AvgIpc) is 2.53. The summed E-state index contributed by atoms with van der Waals surface area (Å²) < 4.78 is 0. The van der Waals surface area contributed by atoms with Crippen LogP contribution < -0.4 is 17.2 Å². The fraction of sp³-hybridized carbons (Fsp3) is 0.0625. The maximum Gasteiger partial charge on any atom is 0.253 e. The molecule has 0 radical (unpaired) electrons. The molecule has 0 atom stereocenters. The molecular weight excluding hydrogens is 276 g/mol. The molecule has 110 valence electrons. The Labute approximate surface area is 127 Å². The van der Waals surface area contributed by atoms with Gasteiger partial charge in [-0.1, -0.05) is 36.4 Å². The van der Waals surface area contributed by atoms with Gasteiger partial charge >= 0.3 is 0 Å². The van der Waals surface area contributed by atoms with Crippen LogP contribution in [-0.2, 0) is 6.54 Å². The highest BCUT2D eigenvalue weighted by molar-refractivity contribution is 5.93. The van der Waals surface area contributed by atoms with Gasteiger partial charge in [-0.05, 0) is 17.7 Å². The van der Waals surface area contributed by atoms with Gasteiger partial charge in [-0.2, -0.15) is 4.99 Å². The second-order valence-electron chi connectivity index (χ2n) is 4.83. The summed E-state index contributed by atoms with van der Waals surface area (Å²) in [6.07, 6.45) is 0. The molecule has 0 saturated heterocycles. The lowest BCUT2D eigenvalue weighted by molar-refractivity contribution is 1.07. The Morgan fingerprint density at radius 2 is 1.82 bits per heavy atom. The smallest absolute Gasteiger partial charge is 0.253 e. The maximum absolute atomic E-state index is 5.72. The monoisotopic (exact) mass is 292 g/mol. The van der Waals surface area contributed by atoms with Gasteiger partial charge in [-0.25, -0.2) is 9.97 Å². The van der Waals surface area contributed by atoms with E-state index in [9.17, 15) is 0 Å². The summed E-state index contributed by atoms with van der Waals surface area (Å²) in [5, 5.41) is 0.936. The lowest BCUT2D eigenvalue weighted by Gasteiger charge is -2.08. The molecule has 1 aromatic heterocycles. The largest absolute Gasteiger partial charge is 0.370 e. The SMILES string of the molecule is NCc1cccc(-c2nc(N=C(N)N)nc3ccccc23)c1. The Bertz CT molecular complexity index is 852. The molecule has 1 heterocycles. The fourth-order valence-electron chi connectivity index (χ4n) is 2.30. The van der Waals surface area contributed by atoms with Crippen LogP contribution in [0.2, 0.25) is 0 Å². The predicted octanol–water partition coefficient (Wildman–Crippen LogP) is 1.66. The Kier molecular flexibility index (Phi) is 3.67. The van der Waals surface area contributed by atoms with Crippen molar-refractivity contribution >= 4 is 22.8 Å². The topological polar surface area (TPSA) is 116 Å². The first-order valence-electron chi connectivity index (χ1n) is 6.83. The molecule has 6 nitrogen and oxygen atoms in total. The van der Waals surface area contributed by atoms with Gasteiger partial charge in [0, 0.05) is 17.5 Å². The molecule has 6 heteroatoms. The third-order valence-electron chi connectivity index (χ3n) is 3.26. The van der Waals surface area contributed by atoms with Crippen LogP contribution in [0.25, 0.3) is 22.2 Å². The first kappa shape index (κ1) is 14.0. The van der Waals surface area contributed by atoms with Crippen LogP contribution in [0.1, 0.15) is 5.56 Å². The number of nitrogens with zero attached hydrogens (tertiary/aromatic N) is 3. The molecule has 0 aliphatic rings. The molecule has 0 unspecified atom stereocenters. The second-order valence-corrected chi connectivity index (χ2v) is 4.83. The Balaban J connectivity index is 2.28. The number of nitrogens with two attached hydrogens (primary N) is 3. The molecule has 0 aliphatic carbocycles. The zero-order valence-electron chi connectivity index (χ0n) is 11.9. The van der Waals surface area contributed by atoms with Gasteiger partial charge in [-0.3, -0.25) is 0 Å². The summed E-state index contributed by atoms with van der Waals surface area (Å²) in [5.74, 6) is 0.170. The van der Waals surface area contributed by atoms with Crippen LogP contribution in [0.5, 0.6) is 0 Å². The number of hydrogen-bond acceptors (Lipinski definition) is 4. The van der Waals surface area contributed by atoms with Gasteiger partial charge in [0.2, 0.25) is 0 Å². The molecule has 0 aliphatic heterocycles. The van der Waals surface area contributed by atoms with Crippen molar-refractivity contribution < 1.29 is 0 Å². The zero-order chi connectivity index (χ0) is 15.5. The standard InChI is InChI=1S/C16H16N6/c17-9-10-4-3-5-11(8-10)14-12-6-1-2-7-13(12)20-16(21-14)22-15(18)19/h1-8H,9,17H2,(H4,18,19,20,21,22). The van der Waals surface area contributed by atoms with Crippen molar-refractivity contribution in [3.05, 3.63) is 54.1 Å². The van der Waals surface area contributed by atoms with Crippen LogP contribution >= 0.6 is 0 Å². The molecular formula is C16H16N6. The third kappa shape index (κ3) is 2.72. The lowest BCUT2D eigenvalue weighted by atomic mass is 10.0. The first-order valence-corrected chi connectivity index (χ1v) is 6.83. The van der Waals surface area contributed by atoms with Gasteiger partial charge < -0.3 is 17.2 Å². The highest BCUT2D eigenvalue weighted by Gasteiger charge is 2.10. The van der Waals surface area contributed by atoms with Crippen LogP contribution in [0, 0.1) is 0 Å². The number of hydrogen-bond donors (Lipinski definition) is 3. The Morgan fingerprint density at radius 1 is 1.00 bits per heavy atom. The molecule has 3 aromatic rings. The first-order chi connectivity index (χ1) is 10.7. The minimum atomic E-state index is -0.0723. The summed E-state index contributed by atoms with van der Waals surface area (Å²) in [7, 11) is 0. The van der Waals surface area contributed by atoms with Crippen molar-refractivity contribution in [1.29, 1.82) is 0 Å². The highest BCUT2D eigenvalue weighted by atomic mass is 15.1. The number of guanidine groups is 1. The summed E-state index contributed by atoms with van der Waals surface area (Å²) in [6, 6.07) is 15.6. The lowest BCUT2D eigenvalue weighted by Crippen LogP contribution is -2.22. The van der Waals surface area contributed by atoms with E-state index >= 15 is 0 Å². The molecule has 0 amide bonds. The van der Waals surface area contributed by atoms with Crippen LogP contribution in [0.3, 0.4) is 0 Å². The van der Waals surface area contributed by atoms with E-state index in [0.717, 1.165) is 27.7 Å². The predicted molar refractivity (Wildman–Crippen MR) is 88.3 cm³/mol. The van der Waals surface area contributed by atoms with Gasteiger partial charge in [0.1, 0.15) is 0 Å². The van der Waals surface area contributed by atoms with Crippen molar-refractivity contribution in [2.24, 2.45) is 22.2 Å². The molecule has 0 spiro atoms. The zero-order valence-corrected chi connectivity index (χ0v) is 11.9. The van der Waals surface area contributed by atoms with Crippen molar-refractivity contribution in [2.45, 2.75) is 6.54 Å². The number of fused-ring (bicyclic) bond motifs is 1. The van der Waals surface area contributed by atoms with Crippen LogP contribution in [-0.4, -0.2) is 15.9 Å². The van der Waals surface area contributed by atoms with Gasteiger partial charge in [0.25, 0.3) is 5.95 Å². The van der Waals surface area contributed by atoms with Crippen molar-refractivity contribution in [3.8, 4) is 11.3 Å². The summed E-state index contributed by atoms with van der Waals surface area (Å²) >= 11 is 0. The van der Waals surface area contributed by atoms with E-state index in [1.165, 1.54) is 0 Å². The van der Waals surface area contributed by atoms with Crippen molar-refractivity contribution in [3.63, 3.8) is 0 Å². The maximum atomic E-state index is 5.72. The summed E-state index contributed by atoms with van der Waals surface area (Å²) in [4.78, 5) is 12.8. The molecule has 0 saturated carbocycles. The molecule has 6 N–H and O–H groups in total. The van der Waals surface area contributed by atoms with E-state index in [1.54, 1.807) is 0 Å². The normalized spacial score (nSPS) is 10.6. The minimum absolute atomic E-state index is 0.0723. The van der Waals surface area contributed by atoms with Gasteiger partial charge in [0.05, 0.1) is 11.2 Å². The number of rotatable bonds is 3.